The zero-order chi connectivity index (χ0) is 22.7. The van der Waals surface area contributed by atoms with Crippen LogP contribution in [-0.4, -0.2) is 41.8 Å². The molecule has 31 heavy (non-hydrogen) atoms. The van der Waals surface area contributed by atoms with Gasteiger partial charge < -0.3 is 14.8 Å². The van der Waals surface area contributed by atoms with Crippen LogP contribution in [0.4, 0.5) is 5.69 Å². The fourth-order valence-corrected chi connectivity index (χ4v) is 4.66. The number of amides is 2. The van der Waals surface area contributed by atoms with E-state index < -0.39 is 0 Å². The molecule has 2 aromatic rings. The fraction of sp³-hybridized carbons (Fsp3) is 0.190. The largest absolute Gasteiger partial charge is 0.493 e. The SMILES string of the molecule is COc1cc(/C=C2\SC(=S)N(C)C2=O)cc(Br)c1OCC(=O)Nc1cccc(Cl)c1C. The number of halogens is 2. The number of carbonyl (C=O) groups excluding carboxylic acids is 2. The topological polar surface area (TPSA) is 67.9 Å². The minimum absolute atomic E-state index is 0.154. The van der Waals surface area contributed by atoms with E-state index >= 15 is 0 Å². The van der Waals surface area contributed by atoms with Crippen LogP contribution in [0.15, 0.2) is 39.7 Å². The number of thiocarbonyl (C=S) groups is 1. The molecule has 0 aromatic heterocycles. The summed E-state index contributed by atoms with van der Waals surface area (Å²) in [6, 6.07) is 8.78. The van der Waals surface area contributed by atoms with Gasteiger partial charge in [0.1, 0.15) is 4.32 Å². The second kappa shape index (κ2) is 10.0. The van der Waals surface area contributed by atoms with E-state index in [-0.39, 0.29) is 18.4 Å². The Kier molecular flexibility index (Phi) is 7.64. The third kappa shape index (κ3) is 5.41. The summed E-state index contributed by atoms with van der Waals surface area (Å²) in [7, 11) is 3.14. The summed E-state index contributed by atoms with van der Waals surface area (Å²) in [6.07, 6.45) is 1.73. The molecule has 1 heterocycles. The van der Waals surface area contributed by atoms with Crippen molar-refractivity contribution in [3.63, 3.8) is 0 Å². The Labute approximate surface area is 203 Å². The molecule has 0 aliphatic carbocycles. The lowest BCUT2D eigenvalue weighted by Gasteiger charge is -2.14. The van der Waals surface area contributed by atoms with Crippen molar-refractivity contribution in [1.29, 1.82) is 0 Å². The summed E-state index contributed by atoms with van der Waals surface area (Å²) in [5.41, 5.74) is 2.12. The monoisotopic (exact) mass is 540 g/mol. The molecule has 1 aliphatic heterocycles. The van der Waals surface area contributed by atoms with Crippen LogP contribution in [0.3, 0.4) is 0 Å². The Bertz CT molecular complexity index is 1110. The van der Waals surface area contributed by atoms with Crippen molar-refractivity contribution in [3.05, 3.63) is 55.9 Å². The lowest BCUT2D eigenvalue weighted by molar-refractivity contribution is -0.121. The van der Waals surface area contributed by atoms with Crippen LogP contribution in [0.25, 0.3) is 6.08 Å². The number of methoxy groups -OCH3 is 1. The van der Waals surface area contributed by atoms with Gasteiger partial charge in [-0.2, -0.15) is 0 Å². The molecule has 0 saturated carbocycles. The average Bonchev–Trinajstić information content (AvgIpc) is 2.96. The standard InChI is InChI=1S/C21H18BrClN2O4S2/c1-11-14(23)5-4-6-15(11)24-18(26)10-29-19-13(22)7-12(8-16(19)28-3)9-17-20(27)25(2)21(30)31-17/h4-9H,10H2,1-3H3,(H,24,26)/b17-9-. The number of nitrogens with zero attached hydrogens (tertiary/aromatic N) is 1. The number of carbonyl (C=O) groups is 2. The molecule has 0 radical (unpaired) electrons. The van der Waals surface area contributed by atoms with Gasteiger partial charge in [-0.25, -0.2) is 0 Å². The van der Waals surface area contributed by atoms with Crippen molar-refractivity contribution in [2.45, 2.75) is 6.92 Å². The molecule has 162 valence electrons. The van der Waals surface area contributed by atoms with Crippen molar-refractivity contribution in [1.82, 2.24) is 4.90 Å². The van der Waals surface area contributed by atoms with E-state index in [1.165, 1.54) is 23.8 Å². The maximum Gasteiger partial charge on any atom is 0.265 e. The molecule has 3 rings (SSSR count). The van der Waals surface area contributed by atoms with E-state index in [1.807, 2.05) is 6.92 Å². The number of likely N-dealkylation sites (N-methyl/N-ethyl adjacent to an activating group) is 1. The van der Waals surface area contributed by atoms with Crippen LogP contribution < -0.4 is 14.8 Å². The molecule has 0 unspecified atom stereocenters. The highest BCUT2D eigenvalue weighted by Crippen LogP contribution is 2.39. The molecule has 1 aliphatic rings. The summed E-state index contributed by atoms with van der Waals surface area (Å²) >= 11 is 15.9. The molecular weight excluding hydrogens is 524 g/mol. The molecule has 10 heteroatoms. The van der Waals surface area contributed by atoms with Crippen LogP contribution in [0.5, 0.6) is 11.5 Å². The van der Waals surface area contributed by atoms with Gasteiger partial charge in [-0.1, -0.05) is 41.6 Å². The highest BCUT2D eigenvalue weighted by atomic mass is 79.9. The van der Waals surface area contributed by atoms with Gasteiger partial charge in [0.25, 0.3) is 11.8 Å². The lowest BCUT2D eigenvalue weighted by atomic mass is 10.2. The van der Waals surface area contributed by atoms with Gasteiger partial charge in [-0.05, 0) is 64.3 Å². The predicted octanol–water partition coefficient (Wildman–Crippen LogP) is 5.27. The van der Waals surface area contributed by atoms with E-state index in [2.05, 4.69) is 21.2 Å². The molecule has 1 saturated heterocycles. The molecule has 2 amide bonds. The van der Waals surface area contributed by atoms with Crippen molar-refractivity contribution < 1.29 is 19.1 Å². The van der Waals surface area contributed by atoms with Gasteiger partial charge in [0.05, 0.1) is 16.5 Å². The number of hydrogen-bond donors (Lipinski definition) is 1. The summed E-state index contributed by atoms with van der Waals surface area (Å²) in [6.45, 7) is 1.60. The van der Waals surface area contributed by atoms with Crippen LogP contribution in [0.2, 0.25) is 5.02 Å². The zero-order valence-corrected chi connectivity index (χ0v) is 20.8. The van der Waals surface area contributed by atoms with Gasteiger partial charge in [0, 0.05) is 17.8 Å². The molecule has 0 bridgehead atoms. The molecule has 1 fully saturated rings. The Balaban J connectivity index is 1.75. The van der Waals surface area contributed by atoms with Gasteiger partial charge in [0.15, 0.2) is 18.1 Å². The lowest BCUT2D eigenvalue weighted by Crippen LogP contribution is -2.22. The number of thioether (sulfide) groups is 1. The van der Waals surface area contributed by atoms with Crippen LogP contribution in [0.1, 0.15) is 11.1 Å². The number of hydrogen-bond acceptors (Lipinski definition) is 6. The Morgan fingerprint density at radius 2 is 2.13 bits per heavy atom. The maximum absolute atomic E-state index is 12.4. The smallest absolute Gasteiger partial charge is 0.265 e. The van der Waals surface area contributed by atoms with Crippen LogP contribution in [0, 0.1) is 6.92 Å². The van der Waals surface area contributed by atoms with Crippen molar-refractivity contribution in [2.75, 3.05) is 26.1 Å². The third-order valence-electron chi connectivity index (χ3n) is 4.43. The normalized spacial score (nSPS) is 14.9. The Morgan fingerprint density at radius 3 is 2.77 bits per heavy atom. The molecule has 2 aromatic carbocycles. The second-order valence-electron chi connectivity index (χ2n) is 6.52. The first-order valence-corrected chi connectivity index (χ1v) is 11.4. The van der Waals surface area contributed by atoms with Crippen LogP contribution in [-0.2, 0) is 9.59 Å². The summed E-state index contributed by atoms with van der Waals surface area (Å²) in [5.74, 6) is 0.299. The third-order valence-corrected chi connectivity index (χ3v) is 6.91. The van der Waals surface area contributed by atoms with Crippen LogP contribution >= 0.6 is 51.5 Å². The van der Waals surface area contributed by atoms with Gasteiger partial charge >= 0.3 is 0 Å². The van der Waals surface area contributed by atoms with Gasteiger partial charge in [0.2, 0.25) is 0 Å². The summed E-state index contributed by atoms with van der Waals surface area (Å²) in [4.78, 5) is 26.5. The predicted molar refractivity (Wildman–Crippen MR) is 132 cm³/mol. The second-order valence-corrected chi connectivity index (χ2v) is 9.46. The van der Waals surface area contributed by atoms with E-state index in [0.717, 1.165) is 11.1 Å². The first-order chi connectivity index (χ1) is 14.7. The minimum Gasteiger partial charge on any atom is -0.493 e. The van der Waals surface area contributed by atoms with Crippen molar-refractivity contribution in [3.8, 4) is 11.5 Å². The summed E-state index contributed by atoms with van der Waals surface area (Å²) < 4.78 is 12.2. The maximum atomic E-state index is 12.4. The van der Waals surface area contributed by atoms with Crippen molar-refractivity contribution >= 4 is 79.4 Å². The Hall–Kier alpha value is -2.07. The number of ether oxygens (including phenoxy) is 2. The molecule has 0 atom stereocenters. The first-order valence-electron chi connectivity index (χ1n) is 8.98. The van der Waals surface area contributed by atoms with Gasteiger partial charge in [-0.15, -0.1) is 0 Å². The number of anilines is 1. The minimum atomic E-state index is -0.338. The summed E-state index contributed by atoms with van der Waals surface area (Å²) in [5, 5.41) is 3.35. The molecule has 6 nitrogen and oxygen atoms in total. The molecule has 0 spiro atoms. The van der Waals surface area contributed by atoms with Crippen molar-refractivity contribution in [2.24, 2.45) is 0 Å². The number of nitrogens with one attached hydrogen (secondary N) is 1. The quantitative estimate of drug-likeness (QED) is 0.397. The zero-order valence-electron chi connectivity index (χ0n) is 16.8. The number of benzene rings is 2. The van der Waals surface area contributed by atoms with E-state index in [0.29, 0.717) is 35.9 Å². The Morgan fingerprint density at radius 1 is 1.39 bits per heavy atom. The number of rotatable bonds is 6. The highest BCUT2D eigenvalue weighted by molar-refractivity contribution is 9.10. The molecular formula is C21H18BrClN2O4S2. The average molecular weight is 542 g/mol. The first kappa shape index (κ1) is 23.6. The van der Waals surface area contributed by atoms with E-state index in [4.69, 9.17) is 33.3 Å². The van der Waals surface area contributed by atoms with E-state index in [1.54, 1.807) is 43.5 Å². The highest BCUT2D eigenvalue weighted by Gasteiger charge is 2.28. The fourth-order valence-electron chi connectivity index (χ4n) is 2.73. The van der Waals surface area contributed by atoms with E-state index in [9.17, 15) is 9.59 Å². The van der Waals surface area contributed by atoms with Gasteiger partial charge in [-0.3, -0.25) is 14.5 Å². The molecule has 1 N–H and O–H groups in total.